The average molecular weight is 454 g/mol. The van der Waals surface area contributed by atoms with Gasteiger partial charge in [-0.2, -0.15) is 5.26 Å². The standard InChI is InChI=1S/C29H28FN3O/c1-4-7-28-26(29(34)33(20(3)32-28)24-14-10-19(2)11-15-24)16-22-13-12-21(17-27(22)30)25-9-6-5-8-23(25)18-31/h5-6,8-11,14-15,17H,4,7,12-13,16H2,1-3H3. The third kappa shape index (κ3) is 4.63. The zero-order chi connectivity index (χ0) is 24.2. The van der Waals surface area contributed by atoms with Crippen LogP contribution in [0, 0.1) is 25.2 Å². The van der Waals surface area contributed by atoms with Crippen LogP contribution in [0.5, 0.6) is 0 Å². The molecular formula is C29H28FN3O. The molecule has 3 aromatic rings. The van der Waals surface area contributed by atoms with Crippen LogP contribution < -0.4 is 5.56 Å². The molecular weight excluding hydrogens is 425 g/mol. The highest BCUT2D eigenvalue weighted by Gasteiger charge is 2.21. The van der Waals surface area contributed by atoms with Gasteiger partial charge in [0.25, 0.3) is 5.56 Å². The Hall–Kier alpha value is -3.78. The number of benzene rings is 2. The number of hydrogen-bond donors (Lipinski definition) is 0. The number of rotatable bonds is 6. The molecule has 0 bridgehead atoms. The molecule has 0 unspecified atom stereocenters. The molecule has 0 atom stereocenters. The summed E-state index contributed by atoms with van der Waals surface area (Å²) in [6.45, 7) is 5.89. The topological polar surface area (TPSA) is 58.7 Å². The van der Waals surface area contributed by atoms with Crippen molar-refractivity contribution in [2.75, 3.05) is 0 Å². The first-order valence-electron chi connectivity index (χ1n) is 11.7. The fourth-order valence-electron chi connectivity index (χ4n) is 4.53. The number of aryl methyl sites for hydroxylation is 3. The first-order valence-corrected chi connectivity index (χ1v) is 11.7. The van der Waals surface area contributed by atoms with Crippen molar-refractivity contribution < 1.29 is 4.39 Å². The van der Waals surface area contributed by atoms with E-state index in [1.807, 2.05) is 56.3 Å². The summed E-state index contributed by atoms with van der Waals surface area (Å²) >= 11 is 0. The van der Waals surface area contributed by atoms with Crippen molar-refractivity contribution >= 4 is 5.57 Å². The van der Waals surface area contributed by atoms with E-state index >= 15 is 4.39 Å². The summed E-state index contributed by atoms with van der Waals surface area (Å²) in [6, 6.07) is 17.2. The number of allylic oxidation sites excluding steroid dienone is 4. The normalized spacial score (nSPS) is 13.6. The molecule has 0 spiro atoms. The maximum absolute atomic E-state index is 15.3. The van der Waals surface area contributed by atoms with Crippen LogP contribution >= 0.6 is 0 Å². The van der Waals surface area contributed by atoms with E-state index in [9.17, 15) is 10.1 Å². The molecule has 2 aromatic carbocycles. The molecule has 5 heteroatoms. The van der Waals surface area contributed by atoms with E-state index in [0.717, 1.165) is 34.5 Å². The largest absolute Gasteiger partial charge is 0.269 e. The molecule has 0 saturated carbocycles. The van der Waals surface area contributed by atoms with E-state index in [0.29, 0.717) is 41.8 Å². The van der Waals surface area contributed by atoms with Gasteiger partial charge in [-0.25, -0.2) is 9.37 Å². The third-order valence-electron chi connectivity index (χ3n) is 6.33. The van der Waals surface area contributed by atoms with Gasteiger partial charge in [0.05, 0.1) is 23.0 Å². The number of aromatic nitrogens is 2. The molecule has 172 valence electrons. The number of nitrogens with zero attached hydrogens (tertiary/aromatic N) is 3. The van der Waals surface area contributed by atoms with Gasteiger partial charge >= 0.3 is 0 Å². The lowest BCUT2D eigenvalue weighted by Crippen LogP contribution is -2.28. The smallest absolute Gasteiger partial charge is 0.261 e. The van der Waals surface area contributed by atoms with E-state index in [-0.39, 0.29) is 17.8 Å². The second-order valence-electron chi connectivity index (χ2n) is 8.77. The van der Waals surface area contributed by atoms with Crippen LogP contribution in [-0.2, 0) is 12.8 Å². The molecule has 1 aliphatic rings. The zero-order valence-corrected chi connectivity index (χ0v) is 19.9. The van der Waals surface area contributed by atoms with Gasteiger partial charge in [0.2, 0.25) is 0 Å². The summed E-state index contributed by atoms with van der Waals surface area (Å²) < 4.78 is 16.9. The van der Waals surface area contributed by atoms with Crippen LogP contribution in [-0.4, -0.2) is 9.55 Å². The number of halogens is 1. The molecule has 34 heavy (non-hydrogen) atoms. The van der Waals surface area contributed by atoms with Crippen LogP contribution in [0.2, 0.25) is 0 Å². The Morgan fingerprint density at radius 1 is 1.09 bits per heavy atom. The van der Waals surface area contributed by atoms with Crippen molar-refractivity contribution in [1.29, 1.82) is 5.26 Å². The summed E-state index contributed by atoms with van der Waals surface area (Å²) in [7, 11) is 0. The van der Waals surface area contributed by atoms with Crippen molar-refractivity contribution in [3.05, 3.63) is 110 Å². The van der Waals surface area contributed by atoms with Crippen molar-refractivity contribution in [3.63, 3.8) is 0 Å². The van der Waals surface area contributed by atoms with E-state index in [1.54, 1.807) is 10.6 Å². The monoisotopic (exact) mass is 453 g/mol. The van der Waals surface area contributed by atoms with Crippen LogP contribution in [0.25, 0.3) is 11.3 Å². The first kappa shape index (κ1) is 23.4. The van der Waals surface area contributed by atoms with Gasteiger partial charge in [-0.05, 0) is 74.1 Å². The van der Waals surface area contributed by atoms with E-state index < -0.39 is 0 Å². The van der Waals surface area contributed by atoms with E-state index in [2.05, 4.69) is 13.0 Å². The SMILES string of the molecule is CCCc1nc(C)n(-c2ccc(C)cc2)c(=O)c1CC1=C(F)C=C(c2ccccc2C#N)CC1. The molecule has 0 amide bonds. The van der Waals surface area contributed by atoms with Gasteiger partial charge in [0.1, 0.15) is 11.7 Å². The third-order valence-corrected chi connectivity index (χ3v) is 6.33. The maximum Gasteiger partial charge on any atom is 0.261 e. The van der Waals surface area contributed by atoms with Crippen LogP contribution in [0.1, 0.15) is 60.0 Å². The Kier molecular flexibility index (Phi) is 6.88. The van der Waals surface area contributed by atoms with Gasteiger partial charge in [0, 0.05) is 12.0 Å². The van der Waals surface area contributed by atoms with Gasteiger partial charge in [-0.1, -0.05) is 49.2 Å². The number of hydrogen-bond acceptors (Lipinski definition) is 3. The predicted molar refractivity (Wildman–Crippen MR) is 134 cm³/mol. The summed E-state index contributed by atoms with van der Waals surface area (Å²) in [5.74, 6) is 0.313. The Balaban J connectivity index is 1.77. The lowest BCUT2D eigenvalue weighted by Gasteiger charge is -2.20. The van der Waals surface area contributed by atoms with Gasteiger partial charge in [0.15, 0.2) is 0 Å². The zero-order valence-electron chi connectivity index (χ0n) is 19.9. The lowest BCUT2D eigenvalue weighted by atomic mass is 9.88. The Morgan fingerprint density at radius 2 is 1.82 bits per heavy atom. The lowest BCUT2D eigenvalue weighted by molar-refractivity contribution is 0.629. The molecule has 0 radical (unpaired) electrons. The molecule has 0 aliphatic heterocycles. The Labute approximate surface area is 199 Å². The molecule has 1 aromatic heterocycles. The van der Waals surface area contributed by atoms with Crippen molar-refractivity contribution in [3.8, 4) is 11.8 Å². The van der Waals surface area contributed by atoms with Crippen molar-refractivity contribution in [1.82, 2.24) is 9.55 Å². The summed E-state index contributed by atoms with van der Waals surface area (Å²) in [5.41, 5.74) is 5.78. The van der Waals surface area contributed by atoms with Crippen molar-refractivity contribution in [2.45, 2.75) is 52.9 Å². The molecule has 1 aliphatic carbocycles. The Bertz CT molecular complexity index is 1390. The minimum atomic E-state index is -0.321. The van der Waals surface area contributed by atoms with Gasteiger partial charge in [-0.15, -0.1) is 0 Å². The molecule has 0 fully saturated rings. The van der Waals surface area contributed by atoms with Gasteiger partial charge < -0.3 is 0 Å². The fourth-order valence-corrected chi connectivity index (χ4v) is 4.53. The molecule has 0 saturated heterocycles. The van der Waals surface area contributed by atoms with E-state index in [1.165, 1.54) is 6.08 Å². The molecule has 4 rings (SSSR count). The maximum atomic E-state index is 15.3. The second kappa shape index (κ2) is 10.0. The molecule has 1 heterocycles. The highest BCUT2D eigenvalue weighted by Crippen LogP contribution is 2.34. The van der Waals surface area contributed by atoms with Crippen LogP contribution in [0.3, 0.4) is 0 Å². The van der Waals surface area contributed by atoms with Crippen LogP contribution in [0.15, 0.2) is 70.8 Å². The first-order chi connectivity index (χ1) is 16.4. The van der Waals surface area contributed by atoms with Crippen molar-refractivity contribution in [2.24, 2.45) is 0 Å². The minimum absolute atomic E-state index is 0.135. The molecule has 4 nitrogen and oxygen atoms in total. The summed E-state index contributed by atoms with van der Waals surface area (Å²) in [5, 5.41) is 9.40. The molecule has 0 N–H and O–H groups in total. The fraction of sp³-hybridized carbons (Fsp3) is 0.276. The average Bonchev–Trinajstić information content (AvgIpc) is 2.83. The van der Waals surface area contributed by atoms with Gasteiger partial charge in [-0.3, -0.25) is 9.36 Å². The second-order valence-corrected chi connectivity index (χ2v) is 8.77. The highest BCUT2D eigenvalue weighted by molar-refractivity contribution is 5.73. The summed E-state index contributed by atoms with van der Waals surface area (Å²) in [6.07, 6.45) is 4.41. The van der Waals surface area contributed by atoms with Crippen LogP contribution in [0.4, 0.5) is 4.39 Å². The predicted octanol–water partition coefficient (Wildman–Crippen LogP) is 6.32. The quantitative estimate of drug-likeness (QED) is 0.439. The highest BCUT2D eigenvalue weighted by atomic mass is 19.1. The minimum Gasteiger partial charge on any atom is -0.269 e. The summed E-state index contributed by atoms with van der Waals surface area (Å²) in [4.78, 5) is 18.4. The Morgan fingerprint density at radius 3 is 2.50 bits per heavy atom. The van der Waals surface area contributed by atoms with E-state index in [4.69, 9.17) is 4.98 Å². The number of nitriles is 1.